The fourth-order valence-electron chi connectivity index (χ4n) is 3.97. The molecule has 1 N–H and O–H groups in total. The van der Waals surface area contributed by atoms with Gasteiger partial charge < -0.3 is 10.1 Å². The molecule has 0 amide bonds. The number of methoxy groups -OCH3 is 1. The molecule has 156 valence electrons. The Morgan fingerprint density at radius 1 is 1.16 bits per heavy atom. The molecule has 7 nitrogen and oxygen atoms in total. The molecule has 0 aliphatic carbocycles. The number of nitrogens with zero attached hydrogens (tertiary/aromatic N) is 5. The van der Waals surface area contributed by atoms with Crippen LogP contribution in [0.2, 0.25) is 0 Å². The van der Waals surface area contributed by atoms with Gasteiger partial charge in [0.25, 0.3) is 0 Å². The summed E-state index contributed by atoms with van der Waals surface area (Å²) in [5.41, 5.74) is 3.38. The van der Waals surface area contributed by atoms with E-state index in [4.69, 9.17) is 4.74 Å². The van der Waals surface area contributed by atoms with E-state index in [0.29, 0.717) is 11.6 Å². The van der Waals surface area contributed by atoms with Gasteiger partial charge in [0.1, 0.15) is 11.8 Å². The number of piperidine rings is 1. The van der Waals surface area contributed by atoms with Gasteiger partial charge in [0.2, 0.25) is 0 Å². The highest BCUT2D eigenvalue weighted by atomic mass is 32.2. The van der Waals surface area contributed by atoms with Crippen LogP contribution in [0.5, 0.6) is 5.75 Å². The maximum atomic E-state index is 9.59. The molecular weight excluding hydrogens is 408 g/mol. The van der Waals surface area contributed by atoms with Crippen LogP contribution in [0.15, 0.2) is 64.9 Å². The van der Waals surface area contributed by atoms with Gasteiger partial charge >= 0.3 is 0 Å². The summed E-state index contributed by atoms with van der Waals surface area (Å²) in [6.45, 7) is 2.02. The summed E-state index contributed by atoms with van der Waals surface area (Å²) in [6, 6.07) is 12.6. The zero-order valence-electron chi connectivity index (χ0n) is 17.2. The minimum atomic E-state index is 0.378. The van der Waals surface area contributed by atoms with Gasteiger partial charge in [0.15, 0.2) is 0 Å². The van der Waals surface area contributed by atoms with E-state index in [1.807, 2.05) is 36.7 Å². The molecule has 8 heteroatoms. The second-order valence-corrected chi connectivity index (χ2v) is 8.60. The number of para-hydroxylation sites is 1. The van der Waals surface area contributed by atoms with Crippen LogP contribution in [-0.4, -0.2) is 39.6 Å². The molecule has 1 saturated heterocycles. The van der Waals surface area contributed by atoms with Gasteiger partial charge in [-0.05, 0) is 37.6 Å². The molecule has 4 heterocycles. The van der Waals surface area contributed by atoms with Crippen molar-refractivity contribution in [1.29, 1.82) is 5.26 Å². The Hall–Kier alpha value is -3.28. The van der Waals surface area contributed by atoms with Crippen molar-refractivity contribution < 1.29 is 4.74 Å². The molecule has 1 fully saturated rings. The molecule has 0 saturated carbocycles. The van der Waals surface area contributed by atoms with E-state index < -0.39 is 0 Å². The first kappa shape index (κ1) is 19.7. The lowest BCUT2D eigenvalue weighted by molar-refractivity contribution is 0.347. The third-order valence-electron chi connectivity index (χ3n) is 5.57. The molecule has 4 aromatic rings. The van der Waals surface area contributed by atoms with Crippen LogP contribution in [0.1, 0.15) is 24.4 Å². The van der Waals surface area contributed by atoms with E-state index in [1.54, 1.807) is 29.6 Å². The van der Waals surface area contributed by atoms with E-state index in [1.165, 1.54) is 0 Å². The van der Waals surface area contributed by atoms with Crippen LogP contribution in [0, 0.1) is 11.3 Å². The van der Waals surface area contributed by atoms with Gasteiger partial charge in [0, 0.05) is 35.0 Å². The first-order valence-corrected chi connectivity index (χ1v) is 11.1. The molecule has 1 aliphatic rings. The highest BCUT2D eigenvalue weighted by Gasteiger charge is 2.18. The molecule has 5 rings (SSSR count). The number of nitrogens with one attached hydrogen (secondary N) is 1. The van der Waals surface area contributed by atoms with Crippen molar-refractivity contribution in [2.45, 2.75) is 28.7 Å². The van der Waals surface area contributed by atoms with Crippen LogP contribution in [0.4, 0.5) is 0 Å². The number of ether oxygens (including phenoxy) is 1. The number of rotatable bonds is 5. The predicted octanol–water partition coefficient (Wildman–Crippen LogP) is 4.15. The van der Waals surface area contributed by atoms with E-state index >= 15 is 0 Å². The first-order valence-electron chi connectivity index (χ1n) is 10.2. The monoisotopic (exact) mass is 430 g/mol. The van der Waals surface area contributed by atoms with Crippen molar-refractivity contribution in [3.05, 3.63) is 60.7 Å². The lowest BCUT2D eigenvalue weighted by Crippen LogP contribution is -2.31. The maximum absolute atomic E-state index is 9.59. The van der Waals surface area contributed by atoms with Gasteiger partial charge in [0.05, 0.1) is 41.5 Å². The lowest BCUT2D eigenvalue weighted by atomic mass is 10.1. The Bertz CT molecular complexity index is 1260. The lowest BCUT2D eigenvalue weighted by Gasteiger charge is -2.22. The van der Waals surface area contributed by atoms with E-state index in [0.717, 1.165) is 58.1 Å². The van der Waals surface area contributed by atoms with E-state index in [-0.39, 0.29) is 0 Å². The van der Waals surface area contributed by atoms with Gasteiger partial charge in [-0.3, -0.25) is 4.68 Å². The van der Waals surface area contributed by atoms with Crippen molar-refractivity contribution in [3.63, 3.8) is 0 Å². The number of aromatic nitrogens is 4. The van der Waals surface area contributed by atoms with Crippen LogP contribution in [0.25, 0.3) is 16.6 Å². The third kappa shape index (κ3) is 3.78. The van der Waals surface area contributed by atoms with Crippen LogP contribution >= 0.6 is 11.8 Å². The largest absolute Gasteiger partial charge is 0.496 e. The normalized spacial score (nSPS) is 16.3. The number of hydrogen-bond acceptors (Lipinski definition) is 6. The Kier molecular flexibility index (Phi) is 5.37. The van der Waals surface area contributed by atoms with Gasteiger partial charge in [-0.15, -0.1) is 0 Å². The predicted molar refractivity (Wildman–Crippen MR) is 119 cm³/mol. The molecule has 1 atom stereocenters. The SMILES string of the molecule is COc1ccccc1Sc1cc(-c2cnn([C@H]3CCCNC3)c2)cn2ncc(C#N)c12. The Balaban J connectivity index is 1.57. The summed E-state index contributed by atoms with van der Waals surface area (Å²) in [6.07, 6.45) is 9.88. The Labute approximate surface area is 184 Å². The number of fused-ring (bicyclic) bond motifs is 1. The molecule has 0 spiro atoms. The zero-order chi connectivity index (χ0) is 21.2. The number of nitriles is 1. The average Bonchev–Trinajstić information content (AvgIpc) is 3.47. The van der Waals surface area contributed by atoms with Crippen LogP contribution in [-0.2, 0) is 0 Å². The molecule has 1 aliphatic heterocycles. The molecule has 0 radical (unpaired) electrons. The van der Waals surface area contributed by atoms with Gasteiger partial charge in [-0.1, -0.05) is 23.9 Å². The quantitative estimate of drug-likeness (QED) is 0.512. The zero-order valence-corrected chi connectivity index (χ0v) is 18.0. The summed E-state index contributed by atoms with van der Waals surface area (Å²) in [7, 11) is 1.67. The number of benzene rings is 1. The summed E-state index contributed by atoms with van der Waals surface area (Å²) >= 11 is 1.57. The standard InChI is InChI=1S/C23H22N6OS/c1-30-20-6-2-3-7-21(20)31-22-9-16(14-29-23(22)17(10-24)11-27-29)18-12-26-28(15-18)19-5-4-8-25-13-19/h2-3,6-7,9,11-12,14-15,19,25H,4-5,8,13H2,1H3/t19-/m0/s1. The third-order valence-corrected chi connectivity index (χ3v) is 6.65. The maximum Gasteiger partial charge on any atom is 0.132 e. The number of pyridine rings is 1. The second kappa shape index (κ2) is 8.46. The molecule has 0 bridgehead atoms. The summed E-state index contributed by atoms with van der Waals surface area (Å²) in [5, 5.41) is 22.1. The topological polar surface area (TPSA) is 80.2 Å². The van der Waals surface area contributed by atoms with Crippen molar-refractivity contribution in [3.8, 4) is 22.9 Å². The first-order chi connectivity index (χ1) is 15.3. The molecule has 31 heavy (non-hydrogen) atoms. The molecule has 1 aromatic carbocycles. The van der Waals surface area contributed by atoms with Crippen molar-refractivity contribution in [2.75, 3.05) is 20.2 Å². The van der Waals surface area contributed by atoms with Crippen LogP contribution in [0.3, 0.4) is 0 Å². The average molecular weight is 431 g/mol. The fourth-order valence-corrected chi connectivity index (χ4v) is 5.09. The summed E-state index contributed by atoms with van der Waals surface area (Å²) in [4.78, 5) is 1.93. The summed E-state index contributed by atoms with van der Waals surface area (Å²) < 4.78 is 9.37. The Morgan fingerprint density at radius 2 is 2.06 bits per heavy atom. The highest BCUT2D eigenvalue weighted by Crippen LogP contribution is 2.39. The minimum Gasteiger partial charge on any atom is -0.496 e. The van der Waals surface area contributed by atoms with Crippen molar-refractivity contribution in [2.24, 2.45) is 0 Å². The van der Waals surface area contributed by atoms with Gasteiger partial charge in [-0.25, -0.2) is 4.52 Å². The van der Waals surface area contributed by atoms with Crippen molar-refractivity contribution >= 4 is 17.3 Å². The van der Waals surface area contributed by atoms with Gasteiger partial charge in [-0.2, -0.15) is 15.5 Å². The highest BCUT2D eigenvalue weighted by molar-refractivity contribution is 7.99. The molecular formula is C23H22N6OS. The second-order valence-electron chi connectivity index (χ2n) is 7.52. The minimum absolute atomic E-state index is 0.378. The van der Waals surface area contributed by atoms with Crippen molar-refractivity contribution in [1.82, 2.24) is 24.7 Å². The number of hydrogen-bond donors (Lipinski definition) is 1. The Morgan fingerprint density at radius 3 is 2.87 bits per heavy atom. The van der Waals surface area contributed by atoms with E-state index in [9.17, 15) is 5.26 Å². The summed E-state index contributed by atoms with van der Waals surface area (Å²) in [5.74, 6) is 0.798. The molecule has 0 unspecified atom stereocenters. The van der Waals surface area contributed by atoms with Crippen LogP contribution < -0.4 is 10.1 Å². The van der Waals surface area contributed by atoms with E-state index in [2.05, 4.69) is 38.5 Å². The smallest absolute Gasteiger partial charge is 0.132 e. The fraction of sp³-hybridized carbons (Fsp3) is 0.261. The molecule has 3 aromatic heterocycles.